The SMILES string of the molecule is COc1ccc2c(c1)C1(CCN(c3nc4c(c(=O)[nH]3)CCCC4)CC1)C(=O)N2. The molecule has 1 aromatic carbocycles. The van der Waals surface area contributed by atoms with Crippen molar-refractivity contribution < 1.29 is 9.53 Å². The predicted molar refractivity (Wildman–Crippen MR) is 106 cm³/mol. The van der Waals surface area contributed by atoms with Crippen molar-refractivity contribution in [3.05, 3.63) is 45.4 Å². The number of aromatic amines is 1. The van der Waals surface area contributed by atoms with Crippen molar-refractivity contribution in [3.63, 3.8) is 0 Å². The number of methoxy groups -OCH3 is 1. The van der Waals surface area contributed by atoms with Crippen LogP contribution in [0.1, 0.15) is 42.5 Å². The molecule has 1 spiro atoms. The van der Waals surface area contributed by atoms with E-state index in [0.717, 1.165) is 53.9 Å². The first kappa shape index (κ1) is 17.3. The van der Waals surface area contributed by atoms with Crippen LogP contribution in [-0.2, 0) is 23.1 Å². The highest BCUT2D eigenvalue weighted by atomic mass is 16.5. The average Bonchev–Trinajstić information content (AvgIpc) is 2.99. The lowest BCUT2D eigenvalue weighted by Crippen LogP contribution is -2.47. The van der Waals surface area contributed by atoms with Gasteiger partial charge in [0, 0.05) is 24.3 Å². The number of ether oxygens (including phenoxy) is 1. The van der Waals surface area contributed by atoms with Gasteiger partial charge in [-0.1, -0.05) is 0 Å². The zero-order valence-electron chi connectivity index (χ0n) is 16.0. The van der Waals surface area contributed by atoms with E-state index in [-0.39, 0.29) is 11.5 Å². The largest absolute Gasteiger partial charge is 0.497 e. The Kier molecular flexibility index (Phi) is 3.92. The number of hydrogen-bond donors (Lipinski definition) is 2. The summed E-state index contributed by atoms with van der Waals surface area (Å²) in [4.78, 5) is 35.1. The molecule has 7 nitrogen and oxygen atoms in total. The number of aryl methyl sites for hydroxylation is 1. The van der Waals surface area contributed by atoms with Crippen LogP contribution in [0.3, 0.4) is 0 Å². The van der Waals surface area contributed by atoms with Gasteiger partial charge in [-0.3, -0.25) is 14.6 Å². The molecule has 7 heteroatoms. The predicted octanol–water partition coefficient (Wildman–Crippen LogP) is 2.15. The summed E-state index contributed by atoms with van der Waals surface area (Å²) in [7, 11) is 1.64. The Labute approximate surface area is 163 Å². The first-order chi connectivity index (χ1) is 13.6. The number of hydrogen-bond acceptors (Lipinski definition) is 5. The topological polar surface area (TPSA) is 87.3 Å². The highest BCUT2D eigenvalue weighted by molar-refractivity contribution is 6.06. The maximum absolute atomic E-state index is 12.9. The van der Waals surface area contributed by atoms with Crippen LogP contribution in [0.4, 0.5) is 11.6 Å². The van der Waals surface area contributed by atoms with Crippen LogP contribution in [0.2, 0.25) is 0 Å². The summed E-state index contributed by atoms with van der Waals surface area (Å²) in [6, 6.07) is 5.76. The Balaban J connectivity index is 1.43. The van der Waals surface area contributed by atoms with E-state index < -0.39 is 5.41 Å². The number of nitrogens with zero attached hydrogens (tertiary/aromatic N) is 2. The second-order valence-electron chi connectivity index (χ2n) is 7.96. The van der Waals surface area contributed by atoms with E-state index in [1.165, 1.54) is 0 Å². The molecule has 28 heavy (non-hydrogen) atoms. The number of carbonyl (C=O) groups excluding carboxylic acids is 1. The van der Waals surface area contributed by atoms with Gasteiger partial charge in [0.05, 0.1) is 18.2 Å². The standard InChI is InChI=1S/C21H24N4O3/c1-28-13-6-7-17-15(12-13)21(19(27)22-17)8-10-25(11-9-21)20-23-16-5-3-2-4-14(16)18(26)24-20/h6-7,12H,2-5,8-11H2,1H3,(H,22,27)(H,23,24,26). The fourth-order valence-electron chi connectivity index (χ4n) is 4.86. The minimum atomic E-state index is -0.533. The third-order valence-electron chi connectivity index (χ3n) is 6.52. The van der Waals surface area contributed by atoms with Crippen molar-refractivity contribution in [2.75, 3.05) is 30.4 Å². The molecule has 5 rings (SSSR count). The third-order valence-corrected chi connectivity index (χ3v) is 6.52. The van der Waals surface area contributed by atoms with Gasteiger partial charge in [0.25, 0.3) is 5.56 Å². The molecule has 0 unspecified atom stereocenters. The summed E-state index contributed by atoms with van der Waals surface area (Å²) >= 11 is 0. The van der Waals surface area contributed by atoms with Crippen LogP contribution >= 0.6 is 0 Å². The number of benzene rings is 1. The number of nitrogens with one attached hydrogen (secondary N) is 2. The van der Waals surface area contributed by atoms with Gasteiger partial charge in [0.15, 0.2) is 0 Å². The molecule has 1 amide bonds. The molecule has 2 N–H and O–H groups in total. The van der Waals surface area contributed by atoms with Gasteiger partial charge < -0.3 is 15.0 Å². The summed E-state index contributed by atoms with van der Waals surface area (Å²) in [6.45, 7) is 1.34. The average molecular weight is 380 g/mol. The number of amides is 1. The molecule has 2 aliphatic heterocycles. The van der Waals surface area contributed by atoms with Gasteiger partial charge in [-0.25, -0.2) is 4.98 Å². The van der Waals surface area contributed by atoms with E-state index in [4.69, 9.17) is 9.72 Å². The monoisotopic (exact) mass is 380 g/mol. The quantitative estimate of drug-likeness (QED) is 0.834. The summed E-state index contributed by atoms with van der Waals surface area (Å²) < 4.78 is 5.37. The molecular formula is C21H24N4O3. The van der Waals surface area contributed by atoms with Crippen molar-refractivity contribution in [1.82, 2.24) is 9.97 Å². The van der Waals surface area contributed by atoms with Crippen LogP contribution in [0.25, 0.3) is 0 Å². The number of H-pyrrole nitrogens is 1. The van der Waals surface area contributed by atoms with Gasteiger partial charge >= 0.3 is 0 Å². The van der Waals surface area contributed by atoms with Gasteiger partial charge in [0.1, 0.15) is 5.75 Å². The van der Waals surface area contributed by atoms with Crippen LogP contribution < -0.4 is 20.5 Å². The molecular weight excluding hydrogens is 356 g/mol. The van der Waals surface area contributed by atoms with Crippen molar-refractivity contribution in [3.8, 4) is 5.75 Å². The number of carbonyl (C=O) groups is 1. The second kappa shape index (κ2) is 6.36. The van der Waals surface area contributed by atoms with E-state index in [2.05, 4.69) is 15.2 Å². The van der Waals surface area contributed by atoms with E-state index in [9.17, 15) is 9.59 Å². The maximum atomic E-state index is 12.9. The fourth-order valence-corrected chi connectivity index (χ4v) is 4.86. The molecule has 0 atom stereocenters. The molecule has 0 radical (unpaired) electrons. The lowest BCUT2D eigenvalue weighted by molar-refractivity contribution is -0.121. The van der Waals surface area contributed by atoms with Gasteiger partial charge in [0.2, 0.25) is 11.9 Å². The summed E-state index contributed by atoms with van der Waals surface area (Å²) in [5.41, 5.74) is 3.14. The van der Waals surface area contributed by atoms with Crippen LogP contribution in [0.5, 0.6) is 5.75 Å². The van der Waals surface area contributed by atoms with Crippen molar-refractivity contribution >= 4 is 17.5 Å². The van der Waals surface area contributed by atoms with Gasteiger partial charge in [-0.05, 0) is 62.3 Å². The normalized spacial score (nSPS) is 19.9. The Morgan fingerprint density at radius 3 is 2.71 bits per heavy atom. The number of fused-ring (bicyclic) bond motifs is 3. The van der Waals surface area contributed by atoms with Crippen molar-refractivity contribution in [2.24, 2.45) is 0 Å². The van der Waals surface area contributed by atoms with Gasteiger partial charge in [-0.15, -0.1) is 0 Å². The molecule has 3 heterocycles. The zero-order valence-corrected chi connectivity index (χ0v) is 16.0. The summed E-state index contributed by atoms with van der Waals surface area (Å²) in [6.07, 6.45) is 5.20. The molecule has 2 aromatic rings. The van der Waals surface area contributed by atoms with E-state index in [1.54, 1.807) is 7.11 Å². The smallest absolute Gasteiger partial charge is 0.255 e. The lowest BCUT2D eigenvalue weighted by atomic mass is 9.73. The summed E-state index contributed by atoms with van der Waals surface area (Å²) in [5, 5.41) is 3.03. The Morgan fingerprint density at radius 2 is 1.93 bits per heavy atom. The zero-order chi connectivity index (χ0) is 19.3. The maximum Gasteiger partial charge on any atom is 0.255 e. The lowest BCUT2D eigenvalue weighted by Gasteiger charge is -2.38. The van der Waals surface area contributed by atoms with Crippen molar-refractivity contribution in [1.29, 1.82) is 0 Å². The summed E-state index contributed by atoms with van der Waals surface area (Å²) in [5.74, 6) is 1.46. The highest BCUT2D eigenvalue weighted by Crippen LogP contribution is 2.46. The van der Waals surface area contributed by atoms with Crippen molar-refractivity contribution in [2.45, 2.75) is 43.9 Å². The number of rotatable bonds is 2. The third kappa shape index (κ3) is 2.52. The first-order valence-corrected chi connectivity index (χ1v) is 9.98. The Morgan fingerprint density at radius 1 is 1.14 bits per heavy atom. The van der Waals surface area contributed by atoms with Crippen LogP contribution in [-0.4, -0.2) is 36.1 Å². The van der Waals surface area contributed by atoms with E-state index in [0.29, 0.717) is 31.9 Å². The number of anilines is 2. The molecule has 0 saturated carbocycles. The first-order valence-electron chi connectivity index (χ1n) is 9.98. The minimum absolute atomic E-state index is 0.00585. The Hall–Kier alpha value is -2.83. The van der Waals surface area contributed by atoms with E-state index in [1.807, 2.05) is 18.2 Å². The highest BCUT2D eigenvalue weighted by Gasteiger charge is 2.48. The second-order valence-corrected chi connectivity index (χ2v) is 7.96. The molecule has 1 fully saturated rings. The van der Waals surface area contributed by atoms with Crippen LogP contribution in [0.15, 0.2) is 23.0 Å². The molecule has 3 aliphatic rings. The molecule has 146 valence electrons. The molecule has 1 aromatic heterocycles. The minimum Gasteiger partial charge on any atom is -0.497 e. The molecule has 1 aliphatic carbocycles. The number of aromatic nitrogens is 2. The Bertz CT molecular complexity index is 1010. The fraction of sp³-hybridized carbons (Fsp3) is 0.476. The van der Waals surface area contributed by atoms with Gasteiger partial charge in [-0.2, -0.15) is 0 Å². The molecule has 0 bridgehead atoms. The van der Waals surface area contributed by atoms with Crippen LogP contribution in [0, 0.1) is 0 Å². The van der Waals surface area contributed by atoms with E-state index >= 15 is 0 Å². The molecule has 1 saturated heterocycles. The number of piperidine rings is 1.